The minimum atomic E-state index is 0.241. The van der Waals surface area contributed by atoms with Crippen molar-refractivity contribution in [3.8, 4) is 0 Å². The van der Waals surface area contributed by atoms with Gasteiger partial charge in [0, 0.05) is 10.7 Å². The average Bonchev–Trinajstić information content (AvgIpc) is 2.19. The number of aldehydes is 1. The highest BCUT2D eigenvalue weighted by atomic mass is 32.2. The normalized spacial score (nSPS) is 31.2. The predicted molar refractivity (Wildman–Crippen MR) is 59.2 cm³/mol. The van der Waals surface area contributed by atoms with Crippen molar-refractivity contribution in [1.82, 2.24) is 0 Å². The molecule has 76 valence electrons. The Bertz CT molecular complexity index is 161. The molecule has 1 heterocycles. The van der Waals surface area contributed by atoms with Gasteiger partial charge in [0.15, 0.2) is 0 Å². The Hall–Kier alpha value is 0.0200. The second kappa shape index (κ2) is 5.04. The van der Waals surface area contributed by atoms with Gasteiger partial charge in [0.1, 0.15) is 6.29 Å². The lowest BCUT2D eigenvalue weighted by Crippen LogP contribution is -2.30. The summed E-state index contributed by atoms with van der Waals surface area (Å²) < 4.78 is 0.429. The van der Waals surface area contributed by atoms with Crippen LogP contribution in [0.15, 0.2) is 0 Å². The zero-order valence-electron chi connectivity index (χ0n) is 8.71. The summed E-state index contributed by atoms with van der Waals surface area (Å²) in [5.41, 5.74) is 0. The van der Waals surface area contributed by atoms with Crippen LogP contribution in [0.3, 0.4) is 0 Å². The third kappa shape index (κ3) is 3.01. The highest BCUT2D eigenvalue weighted by Gasteiger charge is 2.32. The maximum atomic E-state index is 10.6. The monoisotopic (exact) mass is 200 g/mol. The molecule has 1 aliphatic rings. The quantitative estimate of drug-likeness (QED) is 0.648. The highest BCUT2D eigenvalue weighted by Crippen LogP contribution is 2.43. The van der Waals surface area contributed by atoms with E-state index in [4.69, 9.17) is 0 Å². The van der Waals surface area contributed by atoms with Crippen LogP contribution < -0.4 is 0 Å². The first-order chi connectivity index (χ1) is 6.22. The molecule has 1 nitrogen and oxygen atoms in total. The Morgan fingerprint density at radius 3 is 2.77 bits per heavy atom. The van der Waals surface area contributed by atoms with Crippen LogP contribution in [0.25, 0.3) is 0 Å². The molecule has 2 heteroatoms. The number of rotatable bonds is 4. The lowest BCUT2D eigenvalue weighted by molar-refractivity contribution is -0.111. The molecular weight excluding hydrogens is 180 g/mol. The van der Waals surface area contributed by atoms with Crippen LogP contribution in [0.1, 0.15) is 46.0 Å². The van der Waals surface area contributed by atoms with E-state index in [1.54, 1.807) is 0 Å². The van der Waals surface area contributed by atoms with E-state index in [1.165, 1.54) is 31.4 Å². The summed E-state index contributed by atoms with van der Waals surface area (Å²) in [5.74, 6) is 1.53. The minimum absolute atomic E-state index is 0.241. The van der Waals surface area contributed by atoms with Crippen molar-refractivity contribution in [2.45, 2.75) is 50.7 Å². The van der Waals surface area contributed by atoms with Crippen LogP contribution in [0.5, 0.6) is 0 Å². The summed E-state index contributed by atoms with van der Waals surface area (Å²) >= 11 is 2.10. The zero-order valence-corrected chi connectivity index (χ0v) is 9.53. The molecule has 0 spiro atoms. The molecule has 0 bridgehead atoms. The summed E-state index contributed by atoms with van der Waals surface area (Å²) in [7, 11) is 0. The third-order valence-electron chi connectivity index (χ3n) is 3.01. The predicted octanol–water partition coefficient (Wildman–Crippen LogP) is 3.28. The fourth-order valence-electron chi connectivity index (χ4n) is 2.13. The third-order valence-corrected chi connectivity index (χ3v) is 4.77. The summed E-state index contributed by atoms with van der Waals surface area (Å²) in [6.07, 6.45) is 7.43. The Morgan fingerprint density at radius 1 is 1.54 bits per heavy atom. The van der Waals surface area contributed by atoms with Crippen LogP contribution in [0, 0.1) is 5.92 Å². The first-order valence-electron chi connectivity index (χ1n) is 5.32. The van der Waals surface area contributed by atoms with Gasteiger partial charge in [-0.15, -0.1) is 0 Å². The van der Waals surface area contributed by atoms with Crippen molar-refractivity contribution in [2.75, 3.05) is 5.75 Å². The number of thioether (sulfide) groups is 1. The van der Waals surface area contributed by atoms with Gasteiger partial charge >= 0.3 is 0 Å². The molecule has 0 aromatic rings. The second-order valence-corrected chi connectivity index (χ2v) is 5.72. The molecule has 0 saturated carbocycles. The first-order valence-corrected chi connectivity index (χ1v) is 6.30. The molecule has 2 atom stereocenters. The Balaban J connectivity index is 2.51. The van der Waals surface area contributed by atoms with Gasteiger partial charge in [-0.25, -0.2) is 0 Å². The minimum Gasteiger partial charge on any atom is -0.303 e. The number of carbonyl (C=O) groups is 1. The Kier molecular flexibility index (Phi) is 4.30. The highest BCUT2D eigenvalue weighted by molar-refractivity contribution is 8.00. The van der Waals surface area contributed by atoms with E-state index in [9.17, 15) is 4.79 Å². The topological polar surface area (TPSA) is 17.1 Å². The second-order valence-electron chi connectivity index (χ2n) is 4.16. The van der Waals surface area contributed by atoms with Gasteiger partial charge in [-0.1, -0.05) is 20.3 Å². The lowest BCUT2D eigenvalue weighted by Gasteiger charge is -2.37. The van der Waals surface area contributed by atoms with Gasteiger partial charge in [0.2, 0.25) is 0 Å². The van der Waals surface area contributed by atoms with Gasteiger partial charge in [-0.05, 0) is 31.4 Å². The van der Waals surface area contributed by atoms with Gasteiger partial charge in [0.05, 0.1) is 0 Å². The summed E-state index contributed by atoms with van der Waals surface area (Å²) in [4.78, 5) is 10.6. The average molecular weight is 200 g/mol. The molecule has 1 saturated heterocycles. The molecule has 0 radical (unpaired) electrons. The lowest BCUT2D eigenvalue weighted by atomic mass is 9.88. The zero-order chi connectivity index (χ0) is 9.73. The van der Waals surface area contributed by atoms with Crippen molar-refractivity contribution >= 4 is 18.0 Å². The van der Waals surface area contributed by atoms with Crippen molar-refractivity contribution in [3.63, 3.8) is 0 Å². The van der Waals surface area contributed by atoms with Gasteiger partial charge in [-0.3, -0.25) is 0 Å². The molecule has 1 unspecified atom stereocenters. The van der Waals surface area contributed by atoms with Crippen molar-refractivity contribution in [2.24, 2.45) is 5.92 Å². The molecule has 13 heavy (non-hydrogen) atoms. The molecule has 1 fully saturated rings. The van der Waals surface area contributed by atoms with E-state index < -0.39 is 0 Å². The van der Waals surface area contributed by atoms with E-state index in [0.717, 1.165) is 12.7 Å². The van der Waals surface area contributed by atoms with E-state index in [1.807, 2.05) is 6.92 Å². The molecule has 0 N–H and O–H groups in total. The molecular formula is C11H20OS. The molecule has 0 aliphatic carbocycles. The van der Waals surface area contributed by atoms with Crippen LogP contribution in [0.2, 0.25) is 0 Å². The Morgan fingerprint density at radius 2 is 2.31 bits per heavy atom. The van der Waals surface area contributed by atoms with E-state index in [0.29, 0.717) is 4.75 Å². The smallest absolute Gasteiger partial charge is 0.122 e. The van der Waals surface area contributed by atoms with E-state index in [-0.39, 0.29) is 5.92 Å². The van der Waals surface area contributed by atoms with Gasteiger partial charge in [-0.2, -0.15) is 11.8 Å². The van der Waals surface area contributed by atoms with Crippen LogP contribution in [-0.2, 0) is 4.79 Å². The standard InChI is InChI=1S/C11H20OS/c1-3-11(8-10(2)9-12)6-4-5-7-13-11/h9-10H,3-8H2,1-2H3/t10-,11?/m0/s1. The molecule has 0 aromatic carbocycles. The van der Waals surface area contributed by atoms with Crippen molar-refractivity contribution in [3.05, 3.63) is 0 Å². The summed E-state index contributed by atoms with van der Waals surface area (Å²) in [6, 6.07) is 0. The molecule has 1 aliphatic heterocycles. The molecule has 0 amide bonds. The molecule has 0 aromatic heterocycles. The number of hydrogen-bond donors (Lipinski definition) is 0. The number of hydrogen-bond acceptors (Lipinski definition) is 2. The first kappa shape index (κ1) is 11.1. The maximum absolute atomic E-state index is 10.6. The van der Waals surface area contributed by atoms with Gasteiger partial charge < -0.3 is 4.79 Å². The fourth-order valence-corrected chi connectivity index (χ4v) is 3.78. The van der Waals surface area contributed by atoms with E-state index >= 15 is 0 Å². The van der Waals surface area contributed by atoms with Gasteiger partial charge in [0.25, 0.3) is 0 Å². The Labute approximate surface area is 85.7 Å². The fraction of sp³-hybridized carbons (Fsp3) is 0.909. The SMILES string of the molecule is CCC1(C[C@H](C)C=O)CCCCS1. The van der Waals surface area contributed by atoms with E-state index in [2.05, 4.69) is 18.7 Å². The van der Waals surface area contributed by atoms with Crippen LogP contribution in [-0.4, -0.2) is 16.8 Å². The molecule has 1 rings (SSSR count). The van der Waals surface area contributed by atoms with Crippen LogP contribution in [0.4, 0.5) is 0 Å². The summed E-state index contributed by atoms with van der Waals surface area (Å²) in [5, 5.41) is 0. The maximum Gasteiger partial charge on any atom is 0.122 e. The van der Waals surface area contributed by atoms with Crippen LogP contribution >= 0.6 is 11.8 Å². The van der Waals surface area contributed by atoms with Crippen molar-refractivity contribution in [1.29, 1.82) is 0 Å². The van der Waals surface area contributed by atoms with Crippen molar-refractivity contribution < 1.29 is 4.79 Å². The largest absolute Gasteiger partial charge is 0.303 e. The number of carbonyl (C=O) groups excluding carboxylic acids is 1. The summed E-state index contributed by atoms with van der Waals surface area (Å²) in [6.45, 7) is 4.30.